The number of piperazine rings is 1. The molecule has 0 bridgehead atoms. The monoisotopic (exact) mass is 302 g/mol. The van der Waals surface area contributed by atoms with Crippen molar-refractivity contribution in [2.75, 3.05) is 33.2 Å². The summed E-state index contributed by atoms with van der Waals surface area (Å²) >= 11 is 0. The molecule has 1 saturated heterocycles. The fraction of sp³-hybridized carbons (Fsp3) is 0.667. The smallest absolute Gasteiger partial charge is 0.251 e. The Morgan fingerprint density at radius 2 is 1.36 bits per heavy atom. The van der Waals surface area contributed by atoms with E-state index >= 15 is 0 Å². The van der Waals surface area contributed by atoms with E-state index in [1.165, 1.54) is 11.1 Å². The molecule has 0 radical (unpaired) electrons. The maximum absolute atomic E-state index is 13.1. The van der Waals surface area contributed by atoms with E-state index in [9.17, 15) is 9.59 Å². The number of fused-ring (bicyclic) bond motifs is 1. The molecule has 0 aromatic rings. The van der Waals surface area contributed by atoms with Crippen molar-refractivity contribution < 1.29 is 9.59 Å². The Labute approximate surface area is 132 Å². The zero-order valence-electron chi connectivity index (χ0n) is 14.5. The molecule has 4 nitrogen and oxygen atoms in total. The second kappa shape index (κ2) is 4.54. The Kier molecular flexibility index (Phi) is 3.19. The molecule has 22 heavy (non-hydrogen) atoms. The van der Waals surface area contributed by atoms with Gasteiger partial charge in [0.25, 0.3) is 5.91 Å². The maximum atomic E-state index is 13.1. The lowest BCUT2D eigenvalue weighted by atomic mass is 9.35. The summed E-state index contributed by atoms with van der Waals surface area (Å²) in [5, 5.41) is 0. The number of likely N-dealkylation sites (N-methyl/N-ethyl adjacent to an activating group) is 1. The summed E-state index contributed by atoms with van der Waals surface area (Å²) < 4.78 is 0. The van der Waals surface area contributed by atoms with Crippen molar-refractivity contribution in [2.45, 2.75) is 34.6 Å². The molecule has 3 rings (SSSR count). The summed E-state index contributed by atoms with van der Waals surface area (Å²) in [7, 11) is 2.08. The van der Waals surface area contributed by atoms with Crippen molar-refractivity contribution in [2.24, 2.45) is 10.8 Å². The summed E-state index contributed by atoms with van der Waals surface area (Å²) in [5.41, 5.74) is 3.55. The summed E-state index contributed by atoms with van der Waals surface area (Å²) in [4.78, 5) is 29.4. The van der Waals surface area contributed by atoms with Crippen molar-refractivity contribution in [3.8, 4) is 0 Å². The average molecular weight is 302 g/mol. The van der Waals surface area contributed by atoms with Crippen LogP contribution in [0.25, 0.3) is 0 Å². The van der Waals surface area contributed by atoms with Crippen molar-refractivity contribution >= 4 is 11.7 Å². The quantitative estimate of drug-likeness (QED) is 0.733. The van der Waals surface area contributed by atoms with Gasteiger partial charge in [0.15, 0.2) is 5.78 Å². The molecule has 4 heteroatoms. The number of hydrogen-bond acceptors (Lipinski definition) is 3. The Hall–Kier alpha value is -1.42. The zero-order valence-corrected chi connectivity index (χ0v) is 14.5. The van der Waals surface area contributed by atoms with Crippen LogP contribution in [0.15, 0.2) is 22.3 Å². The third-order valence-electron chi connectivity index (χ3n) is 6.67. The van der Waals surface area contributed by atoms with Gasteiger partial charge in [-0.1, -0.05) is 25.0 Å². The molecule has 0 aromatic carbocycles. The van der Waals surface area contributed by atoms with Crippen molar-refractivity contribution in [1.29, 1.82) is 0 Å². The number of carbonyl (C=O) groups excluding carboxylic acids is 2. The first-order chi connectivity index (χ1) is 10.2. The maximum Gasteiger partial charge on any atom is 0.251 e. The minimum atomic E-state index is -0.251. The first kappa shape index (κ1) is 15.5. The van der Waals surface area contributed by atoms with Gasteiger partial charge in [0, 0.05) is 48.2 Å². The van der Waals surface area contributed by atoms with Crippen molar-refractivity contribution in [3.05, 3.63) is 22.3 Å². The Morgan fingerprint density at radius 3 is 1.82 bits per heavy atom. The van der Waals surface area contributed by atoms with Crippen LogP contribution in [0.3, 0.4) is 0 Å². The second-order valence-corrected chi connectivity index (χ2v) is 7.40. The predicted molar refractivity (Wildman–Crippen MR) is 86.4 cm³/mol. The molecule has 1 heterocycles. The molecule has 1 aliphatic heterocycles. The van der Waals surface area contributed by atoms with E-state index in [0.29, 0.717) is 0 Å². The van der Waals surface area contributed by atoms with Crippen LogP contribution in [0.5, 0.6) is 0 Å². The number of nitrogens with zero attached hydrogens (tertiary/aromatic N) is 2. The number of ketones is 1. The molecule has 2 unspecified atom stereocenters. The van der Waals surface area contributed by atoms with Gasteiger partial charge in [-0.15, -0.1) is 0 Å². The van der Waals surface area contributed by atoms with Crippen LogP contribution in [0.2, 0.25) is 0 Å². The summed E-state index contributed by atoms with van der Waals surface area (Å²) in [6.07, 6.45) is 0. The van der Waals surface area contributed by atoms with Crippen LogP contribution in [-0.2, 0) is 9.59 Å². The van der Waals surface area contributed by atoms with Gasteiger partial charge in [-0.3, -0.25) is 9.59 Å². The second-order valence-electron chi connectivity index (χ2n) is 7.40. The van der Waals surface area contributed by atoms with Gasteiger partial charge < -0.3 is 9.80 Å². The molecular formula is C18H26N2O2. The van der Waals surface area contributed by atoms with E-state index in [1.807, 2.05) is 4.90 Å². The van der Waals surface area contributed by atoms with E-state index in [1.54, 1.807) is 6.92 Å². The number of hydrogen-bond donors (Lipinski definition) is 0. The highest BCUT2D eigenvalue weighted by Gasteiger charge is 2.70. The van der Waals surface area contributed by atoms with Crippen LogP contribution < -0.4 is 0 Å². The van der Waals surface area contributed by atoms with Crippen molar-refractivity contribution in [3.63, 3.8) is 0 Å². The lowest BCUT2D eigenvalue weighted by Gasteiger charge is -2.67. The third kappa shape index (κ3) is 1.51. The summed E-state index contributed by atoms with van der Waals surface area (Å²) in [6.45, 7) is 13.3. The van der Waals surface area contributed by atoms with Gasteiger partial charge in [0.2, 0.25) is 0 Å². The van der Waals surface area contributed by atoms with Gasteiger partial charge >= 0.3 is 0 Å². The Bertz CT molecular complexity index is 637. The zero-order chi connectivity index (χ0) is 16.4. The van der Waals surface area contributed by atoms with E-state index in [-0.39, 0.29) is 22.5 Å². The van der Waals surface area contributed by atoms with Crippen molar-refractivity contribution in [1.82, 2.24) is 9.80 Å². The first-order valence-corrected chi connectivity index (χ1v) is 8.09. The molecule has 0 N–H and O–H groups in total. The SMILES string of the molecule is CC(=O)C1=C(C(=O)N2CCN(C)CC2)C2(C)C(C)=C(C)C12C. The van der Waals surface area contributed by atoms with Gasteiger partial charge in [-0.05, 0) is 27.8 Å². The standard InChI is InChI=1S/C18H26N2O2/c1-11-12(2)18(5)15(14(13(3)21)17(11,18)4)16(22)20-9-7-19(6)8-10-20/h7-10H2,1-6H3. The summed E-state index contributed by atoms with van der Waals surface area (Å²) in [5.74, 6) is 0.120. The molecule has 2 atom stereocenters. The van der Waals surface area contributed by atoms with E-state index in [2.05, 4.69) is 39.6 Å². The molecule has 1 fully saturated rings. The molecular weight excluding hydrogens is 276 g/mol. The van der Waals surface area contributed by atoms with Crippen LogP contribution >= 0.6 is 0 Å². The summed E-state index contributed by atoms with van der Waals surface area (Å²) in [6, 6.07) is 0. The molecule has 1 amide bonds. The molecule has 0 aromatic heterocycles. The highest BCUT2D eigenvalue weighted by molar-refractivity contribution is 6.12. The molecule has 3 aliphatic rings. The Morgan fingerprint density at radius 1 is 0.909 bits per heavy atom. The topological polar surface area (TPSA) is 40.6 Å². The van der Waals surface area contributed by atoms with E-state index in [4.69, 9.17) is 0 Å². The van der Waals surface area contributed by atoms with Gasteiger partial charge in [-0.25, -0.2) is 0 Å². The number of allylic oxidation sites excluding steroid dienone is 3. The number of amides is 1. The van der Waals surface area contributed by atoms with Crippen LogP contribution in [-0.4, -0.2) is 54.7 Å². The fourth-order valence-electron chi connectivity index (χ4n) is 4.77. The van der Waals surface area contributed by atoms with E-state index in [0.717, 1.165) is 37.3 Å². The first-order valence-electron chi connectivity index (χ1n) is 8.09. The lowest BCUT2D eigenvalue weighted by molar-refractivity contribution is -0.133. The highest BCUT2D eigenvalue weighted by Crippen LogP contribution is 2.75. The minimum Gasteiger partial charge on any atom is -0.336 e. The van der Waals surface area contributed by atoms with Crippen LogP contribution in [0.4, 0.5) is 0 Å². The van der Waals surface area contributed by atoms with Crippen LogP contribution in [0, 0.1) is 10.8 Å². The molecule has 0 spiro atoms. The normalized spacial score (nSPS) is 35.1. The Balaban J connectivity index is 1.99. The van der Waals surface area contributed by atoms with E-state index < -0.39 is 0 Å². The fourth-order valence-corrected chi connectivity index (χ4v) is 4.77. The largest absolute Gasteiger partial charge is 0.336 e. The van der Waals surface area contributed by atoms with Crippen LogP contribution in [0.1, 0.15) is 34.6 Å². The number of carbonyl (C=O) groups is 2. The third-order valence-corrected chi connectivity index (χ3v) is 6.67. The number of Topliss-reactive ketones (excluding diaryl/α,β-unsaturated/α-hetero) is 1. The predicted octanol–water partition coefficient (Wildman–Crippen LogP) is 2.02. The molecule has 0 saturated carbocycles. The molecule has 120 valence electrons. The number of rotatable bonds is 2. The molecule has 2 aliphatic carbocycles. The highest BCUT2D eigenvalue weighted by atomic mass is 16.2. The van der Waals surface area contributed by atoms with Gasteiger partial charge in [0.1, 0.15) is 0 Å². The lowest BCUT2D eigenvalue weighted by Crippen LogP contribution is -2.64. The van der Waals surface area contributed by atoms with Gasteiger partial charge in [-0.2, -0.15) is 0 Å². The average Bonchev–Trinajstić information content (AvgIpc) is 2.48. The van der Waals surface area contributed by atoms with Gasteiger partial charge in [0.05, 0.1) is 0 Å². The minimum absolute atomic E-state index is 0.0457.